The number of carbonyl (C=O) groups is 2. The highest BCUT2D eigenvalue weighted by Crippen LogP contribution is 2.19. The Kier molecular flexibility index (Phi) is 5.47. The molecule has 0 saturated carbocycles. The Morgan fingerprint density at radius 2 is 2.11 bits per heavy atom. The summed E-state index contributed by atoms with van der Waals surface area (Å²) in [4.78, 5) is 25.6. The molecule has 5 nitrogen and oxygen atoms in total. The van der Waals surface area contributed by atoms with Gasteiger partial charge in [-0.15, -0.1) is 0 Å². The number of hydrogen-bond donors (Lipinski definition) is 2. The van der Waals surface area contributed by atoms with Crippen LogP contribution in [0.3, 0.4) is 0 Å². The summed E-state index contributed by atoms with van der Waals surface area (Å²) in [5.74, 6) is 0.469. The van der Waals surface area contributed by atoms with Crippen LogP contribution < -0.4 is 5.32 Å². The Bertz CT molecular complexity index is 315. The first-order valence-corrected chi connectivity index (χ1v) is 6.79. The van der Waals surface area contributed by atoms with Gasteiger partial charge in [0, 0.05) is 24.3 Å². The first-order valence-electron chi connectivity index (χ1n) is 6.16. The van der Waals surface area contributed by atoms with Gasteiger partial charge in [-0.3, -0.25) is 9.59 Å². The van der Waals surface area contributed by atoms with Gasteiger partial charge < -0.3 is 15.0 Å². The molecule has 1 aliphatic rings. The number of thiol groups is 1. The summed E-state index contributed by atoms with van der Waals surface area (Å²) in [6.45, 7) is 7.42. The van der Waals surface area contributed by atoms with E-state index >= 15 is 0 Å². The summed E-state index contributed by atoms with van der Waals surface area (Å²) < 4.78 is 5.40. The maximum atomic E-state index is 12.1. The molecule has 0 aromatic rings. The number of nitrogens with zero attached hydrogens (tertiary/aromatic N) is 1. The molecule has 0 aromatic carbocycles. The monoisotopic (exact) mass is 274 g/mol. The van der Waals surface area contributed by atoms with Crippen LogP contribution in [0.25, 0.3) is 0 Å². The van der Waals surface area contributed by atoms with E-state index in [1.807, 2.05) is 20.8 Å². The van der Waals surface area contributed by atoms with Gasteiger partial charge in [0.15, 0.2) is 6.10 Å². The van der Waals surface area contributed by atoms with Crippen molar-refractivity contribution in [1.29, 1.82) is 0 Å². The van der Waals surface area contributed by atoms with E-state index in [-0.39, 0.29) is 11.8 Å². The minimum Gasteiger partial charge on any atom is -0.365 e. The number of rotatable bonds is 3. The molecule has 0 spiro atoms. The van der Waals surface area contributed by atoms with Gasteiger partial charge >= 0.3 is 0 Å². The number of ether oxygens (including phenoxy) is 1. The standard InChI is InChI=1S/C12H22N2O3S/c1-12(2,3)11(16)14-5-6-17-9(8-14)10(15)13-4-7-18/h9,18H,4-8H2,1-3H3,(H,13,15). The zero-order valence-corrected chi connectivity index (χ0v) is 12.1. The summed E-state index contributed by atoms with van der Waals surface area (Å²) in [6, 6.07) is 0. The summed E-state index contributed by atoms with van der Waals surface area (Å²) in [5, 5.41) is 2.72. The average Bonchev–Trinajstić information content (AvgIpc) is 2.34. The number of nitrogens with one attached hydrogen (secondary N) is 1. The van der Waals surface area contributed by atoms with Crippen LogP contribution in [0.5, 0.6) is 0 Å². The second-order valence-electron chi connectivity index (χ2n) is 5.38. The molecule has 104 valence electrons. The lowest BCUT2D eigenvalue weighted by molar-refractivity contribution is -0.152. The van der Waals surface area contributed by atoms with E-state index in [2.05, 4.69) is 17.9 Å². The molecule has 0 aromatic heterocycles. The van der Waals surface area contributed by atoms with E-state index in [0.29, 0.717) is 32.0 Å². The van der Waals surface area contributed by atoms with E-state index in [0.717, 1.165) is 0 Å². The Morgan fingerprint density at radius 1 is 1.44 bits per heavy atom. The van der Waals surface area contributed by atoms with Gasteiger partial charge in [0.1, 0.15) is 0 Å². The van der Waals surface area contributed by atoms with Gasteiger partial charge in [-0.05, 0) is 0 Å². The molecule has 1 unspecified atom stereocenters. The highest BCUT2D eigenvalue weighted by atomic mass is 32.1. The molecule has 1 aliphatic heterocycles. The van der Waals surface area contributed by atoms with Crippen LogP contribution in [-0.4, -0.2) is 54.8 Å². The lowest BCUT2D eigenvalue weighted by atomic mass is 9.94. The fourth-order valence-electron chi connectivity index (χ4n) is 1.76. The fourth-order valence-corrected chi connectivity index (χ4v) is 1.87. The van der Waals surface area contributed by atoms with E-state index in [9.17, 15) is 9.59 Å². The van der Waals surface area contributed by atoms with Crippen molar-refractivity contribution >= 4 is 24.4 Å². The van der Waals surface area contributed by atoms with Crippen LogP contribution >= 0.6 is 12.6 Å². The maximum Gasteiger partial charge on any atom is 0.251 e. The highest BCUT2D eigenvalue weighted by Gasteiger charge is 2.33. The molecule has 6 heteroatoms. The average molecular weight is 274 g/mol. The van der Waals surface area contributed by atoms with Crippen LogP contribution in [0.15, 0.2) is 0 Å². The van der Waals surface area contributed by atoms with E-state index in [4.69, 9.17) is 4.74 Å². The maximum absolute atomic E-state index is 12.1. The summed E-state index contributed by atoms with van der Waals surface area (Å²) in [5.41, 5.74) is -0.427. The Labute approximate surface area is 114 Å². The van der Waals surface area contributed by atoms with Gasteiger partial charge in [0.05, 0.1) is 13.2 Å². The normalized spacial score (nSPS) is 20.7. The molecule has 1 saturated heterocycles. The number of morpholine rings is 1. The Morgan fingerprint density at radius 3 is 2.67 bits per heavy atom. The van der Waals surface area contributed by atoms with Gasteiger partial charge in [-0.2, -0.15) is 12.6 Å². The van der Waals surface area contributed by atoms with Crippen LogP contribution in [0, 0.1) is 5.41 Å². The number of carbonyl (C=O) groups excluding carboxylic acids is 2. The van der Waals surface area contributed by atoms with Crippen molar-refractivity contribution in [3.63, 3.8) is 0 Å². The Hall–Kier alpha value is -0.750. The van der Waals surface area contributed by atoms with E-state index in [1.165, 1.54) is 0 Å². The predicted molar refractivity (Wildman–Crippen MR) is 72.6 cm³/mol. The van der Waals surface area contributed by atoms with Crippen LogP contribution in [0.2, 0.25) is 0 Å². The van der Waals surface area contributed by atoms with Crippen molar-refractivity contribution < 1.29 is 14.3 Å². The zero-order valence-electron chi connectivity index (χ0n) is 11.2. The zero-order chi connectivity index (χ0) is 13.8. The second kappa shape index (κ2) is 6.43. The lowest BCUT2D eigenvalue weighted by Gasteiger charge is -2.35. The van der Waals surface area contributed by atoms with Crippen molar-refractivity contribution in [2.75, 3.05) is 32.0 Å². The lowest BCUT2D eigenvalue weighted by Crippen LogP contribution is -2.54. The summed E-state index contributed by atoms with van der Waals surface area (Å²) in [7, 11) is 0. The fraction of sp³-hybridized carbons (Fsp3) is 0.833. The third-order valence-electron chi connectivity index (χ3n) is 2.70. The molecule has 1 N–H and O–H groups in total. The largest absolute Gasteiger partial charge is 0.365 e. The molecule has 1 rings (SSSR count). The molecular weight excluding hydrogens is 252 g/mol. The molecule has 2 amide bonds. The molecule has 1 heterocycles. The smallest absolute Gasteiger partial charge is 0.251 e. The van der Waals surface area contributed by atoms with Gasteiger partial charge in [-0.25, -0.2) is 0 Å². The van der Waals surface area contributed by atoms with Crippen LogP contribution in [-0.2, 0) is 14.3 Å². The second-order valence-corrected chi connectivity index (χ2v) is 5.82. The molecule has 0 bridgehead atoms. The quantitative estimate of drug-likeness (QED) is 0.728. The molecular formula is C12H22N2O3S. The van der Waals surface area contributed by atoms with Crippen LogP contribution in [0.1, 0.15) is 20.8 Å². The summed E-state index contributed by atoms with van der Waals surface area (Å²) in [6.07, 6.45) is -0.565. The molecule has 1 fully saturated rings. The molecule has 0 aliphatic carbocycles. The third-order valence-corrected chi connectivity index (χ3v) is 2.92. The minimum absolute atomic E-state index is 0.0535. The first-order chi connectivity index (χ1) is 8.36. The van der Waals surface area contributed by atoms with Crippen molar-refractivity contribution in [3.8, 4) is 0 Å². The topological polar surface area (TPSA) is 58.6 Å². The van der Waals surface area contributed by atoms with Crippen molar-refractivity contribution in [2.45, 2.75) is 26.9 Å². The highest BCUT2D eigenvalue weighted by molar-refractivity contribution is 7.80. The number of hydrogen-bond acceptors (Lipinski definition) is 4. The van der Waals surface area contributed by atoms with E-state index in [1.54, 1.807) is 4.90 Å². The van der Waals surface area contributed by atoms with Gasteiger partial charge in [0.25, 0.3) is 5.91 Å². The van der Waals surface area contributed by atoms with E-state index < -0.39 is 11.5 Å². The first kappa shape index (κ1) is 15.3. The van der Waals surface area contributed by atoms with Gasteiger partial charge in [0.2, 0.25) is 5.91 Å². The van der Waals surface area contributed by atoms with Crippen molar-refractivity contribution in [3.05, 3.63) is 0 Å². The Balaban J connectivity index is 2.56. The predicted octanol–water partition coefficient (Wildman–Crippen LogP) is 0.306. The van der Waals surface area contributed by atoms with Crippen LogP contribution in [0.4, 0.5) is 0 Å². The molecule has 0 radical (unpaired) electrons. The van der Waals surface area contributed by atoms with Gasteiger partial charge in [-0.1, -0.05) is 20.8 Å². The number of amides is 2. The summed E-state index contributed by atoms with van der Waals surface area (Å²) >= 11 is 4.03. The SMILES string of the molecule is CC(C)(C)C(=O)N1CCOC(C(=O)NCCS)C1. The molecule has 1 atom stereocenters. The molecule has 18 heavy (non-hydrogen) atoms. The van der Waals surface area contributed by atoms with Crippen molar-refractivity contribution in [2.24, 2.45) is 5.41 Å². The third kappa shape index (κ3) is 4.17. The minimum atomic E-state index is -0.565. The van der Waals surface area contributed by atoms with Crippen molar-refractivity contribution in [1.82, 2.24) is 10.2 Å².